The largest absolute Gasteiger partial charge is 0.486 e. The van der Waals surface area contributed by atoms with Gasteiger partial charge in [0.2, 0.25) is 5.91 Å². The number of halogens is 1. The van der Waals surface area contributed by atoms with Crippen LogP contribution in [-0.4, -0.2) is 29.6 Å². The van der Waals surface area contributed by atoms with Gasteiger partial charge in [-0.1, -0.05) is 24.7 Å². The van der Waals surface area contributed by atoms with Crippen LogP contribution in [0.5, 0.6) is 11.5 Å². The van der Waals surface area contributed by atoms with E-state index in [1.54, 1.807) is 6.92 Å². The Balaban J connectivity index is 0.00000192. The van der Waals surface area contributed by atoms with E-state index in [0.29, 0.717) is 30.5 Å². The molecule has 3 rings (SSSR count). The number of ether oxygens (including phenoxy) is 2. The minimum Gasteiger partial charge on any atom is -0.486 e. The van der Waals surface area contributed by atoms with Crippen molar-refractivity contribution >= 4 is 45.0 Å². The molecule has 8 heteroatoms. The van der Waals surface area contributed by atoms with Crippen molar-refractivity contribution in [3.05, 3.63) is 12.1 Å². The van der Waals surface area contributed by atoms with E-state index in [-0.39, 0.29) is 18.3 Å². The fourth-order valence-electron chi connectivity index (χ4n) is 2.39. The van der Waals surface area contributed by atoms with Gasteiger partial charge in [0.15, 0.2) is 16.6 Å². The molecular weight excluding hydrogens is 338 g/mol. The Labute approximate surface area is 144 Å². The zero-order valence-electron chi connectivity index (χ0n) is 13.0. The molecule has 0 bridgehead atoms. The number of hydrogen-bond donors (Lipinski definition) is 2. The Morgan fingerprint density at radius 2 is 2.04 bits per heavy atom. The fraction of sp³-hybridized carbons (Fsp3) is 0.467. The maximum Gasteiger partial charge on any atom is 0.245 e. The molecule has 126 valence electrons. The fourth-order valence-corrected chi connectivity index (χ4v) is 3.26. The Morgan fingerprint density at radius 1 is 1.39 bits per heavy atom. The number of hydrogen-bond acceptors (Lipinski definition) is 6. The molecule has 1 aromatic carbocycles. The number of carbonyl (C=O) groups is 1. The van der Waals surface area contributed by atoms with Crippen molar-refractivity contribution in [2.24, 2.45) is 5.73 Å². The molecule has 23 heavy (non-hydrogen) atoms. The number of fused-ring (bicyclic) bond motifs is 2. The van der Waals surface area contributed by atoms with Gasteiger partial charge in [-0.15, -0.1) is 12.4 Å². The Morgan fingerprint density at radius 3 is 2.70 bits per heavy atom. The number of anilines is 1. The van der Waals surface area contributed by atoms with Crippen LogP contribution >= 0.6 is 23.7 Å². The summed E-state index contributed by atoms with van der Waals surface area (Å²) in [4.78, 5) is 16.7. The molecule has 0 radical (unpaired) electrons. The van der Waals surface area contributed by atoms with Crippen LogP contribution in [0.4, 0.5) is 5.13 Å². The average Bonchev–Trinajstić information content (AvgIpc) is 2.85. The highest BCUT2D eigenvalue weighted by atomic mass is 35.5. The summed E-state index contributed by atoms with van der Waals surface area (Å²) in [7, 11) is 0. The van der Waals surface area contributed by atoms with Crippen molar-refractivity contribution in [1.82, 2.24) is 4.98 Å². The quantitative estimate of drug-likeness (QED) is 0.878. The molecule has 1 amide bonds. The summed E-state index contributed by atoms with van der Waals surface area (Å²) >= 11 is 1.40. The first-order valence-corrected chi connectivity index (χ1v) is 8.12. The van der Waals surface area contributed by atoms with E-state index in [1.807, 2.05) is 19.1 Å². The highest BCUT2D eigenvalue weighted by molar-refractivity contribution is 7.22. The highest BCUT2D eigenvalue weighted by Gasteiger charge is 2.28. The van der Waals surface area contributed by atoms with Gasteiger partial charge in [0, 0.05) is 12.1 Å². The average molecular weight is 358 g/mol. The molecule has 1 aliphatic rings. The van der Waals surface area contributed by atoms with E-state index >= 15 is 0 Å². The molecule has 0 saturated heterocycles. The molecule has 0 spiro atoms. The lowest BCUT2D eigenvalue weighted by atomic mass is 9.97. The van der Waals surface area contributed by atoms with Crippen LogP contribution in [0, 0.1) is 0 Å². The topological polar surface area (TPSA) is 86.5 Å². The number of thiazole rings is 1. The van der Waals surface area contributed by atoms with E-state index in [0.717, 1.165) is 22.4 Å². The maximum absolute atomic E-state index is 12.2. The lowest BCUT2D eigenvalue weighted by molar-refractivity contribution is -0.120. The molecular formula is C15H20ClN3O3S. The summed E-state index contributed by atoms with van der Waals surface area (Å²) in [6, 6.07) is 3.73. The van der Waals surface area contributed by atoms with E-state index in [4.69, 9.17) is 15.2 Å². The first-order chi connectivity index (χ1) is 10.5. The Kier molecular flexibility index (Phi) is 5.33. The first-order valence-electron chi connectivity index (χ1n) is 7.30. The van der Waals surface area contributed by atoms with Crippen LogP contribution in [0.2, 0.25) is 0 Å². The summed E-state index contributed by atoms with van der Waals surface area (Å²) < 4.78 is 12.0. The molecule has 2 heterocycles. The van der Waals surface area contributed by atoms with Gasteiger partial charge >= 0.3 is 0 Å². The molecule has 3 N–H and O–H groups in total. The maximum atomic E-state index is 12.2. The summed E-state index contributed by atoms with van der Waals surface area (Å²) in [6.45, 7) is 4.82. The van der Waals surface area contributed by atoms with E-state index in [2.05, 4.69) is 10.3 Å². The number of amides is 1. The van der Waals surface area contributed by atoms with Gasteiger partial charge in [-0.2, -0.15) is 0 Å². The molecule has 1 aromatic heterocycles. The summed E-state index contributed by atoms with van der Waals surface area (Å²) in [5, 5.41) is 3.35. The van der Waals surface area contributed by atoms with Crippen molar-refractivity contribution in [3.8, 4) is 11.5 Å². The summed E-state index contributed by atoms with van der Waals surface area (Å²) in [5.74, 6) is 1.19. The zero-order valence-corrected chi connectivity index (χ0v) is 14.7. The van der Waals surface area contributed by atoms with Crippen LogP contribution in [0.1, 0.15) is 26.7 Å². The third-order valence-corrected chi connectivity index (χ3v) is 4.49. The van der Waals surface area contributed by atoms with Crippen LogP contribution in [0.15, 0.2) is 12.1 Å². The first kappa shape index (κ1) is 17.8. The van der Waals surface area contributed by atoms with Gasteiger partial charge < -0.3 is 20.5 Å². The molecule has 1 atom stereocenters. The van der Waals surface area contributed by atoms with E-state index in [1.165, 1.54) is 11.3 Å². The van der Waals surface area contributed by atoms with Gasteiger partial charge in [0.1, 0.15) is 13.2 Å². The van der Waals surface area contributed by atoms with Crippen molar-refractivity contribution in [2.45, 2.75) is 32.2 Å². The lowest BCUT2D eigenvalue weighted by Gasteiger charge is -2.21. The van der Waals surface area contributed by atoms with Crippen molar-refractivity contribution in [1.29, 1.82) is 0 Å². The van der Waals surface area contributed by atoms with Gasteiger partial charge in [0.25, 0.3) is 0 Å². The highest BCUT2D eigenvalue weighted by Crippen LogP contribution is 2.37. The van der Waals surface area contributed by atoms with Crippen LogP contribution in [0.25, 0.3) is 10.2 Å². The second-order valence-corrected chi connectivity index (χ2v) is 6.63. The minimum absolute atomic E-state index is 0. The van der Waals surface area contributed by atoms with Gasteiger partial charge in [-0.05, 0) is 13.3 Å². The smallest absolute Gasteiger partial charge is 0.245 e. The van der Waals surface area contributed by atoms with Gasteiger partial charge in [-0.25, -0.2) is 4.98 Å². The predicted molar refractivity (Wildman–Crippen MR) is 94.0 cm³/mol. The van der Waals surface area contributed by atoms with Crippen LogP contribution < -0.4 is 20.5 Å². The van der Waals surface area contributed by atoms with E-state index < -0.39 is 5.54 Å². The zero-order chi connectivity index (χ0) is 15.7. The van der Waals surface area contributed by atoms with Gasteiger partial charge in [0.05, 0.1) is 15.8 Å². The van der Waals surface area contributed by atoms with Crippen LogP contribution in [0.3, 0.4) is 0 Å². The SMILES string of the molecule is CCCC(C)(N)C(=O)Nc1nc2cc3c(cc2s1)OCCO3.Cl. The molecule has 2 aromatic rings. The molecule has 0 fully saturated rings. The number of rotatable bonds is 4. The number of nitrogens with zero attached hydrogens (tertiary/aromatic N) is 1. The standard InChI is InChI=1S/C15H19N3O3S.ClH/c1-3-4-15(2,16)13(19)18-14-17-9-7-10-11(8-12(9)22-14)21-6-5-20-10;/h7-8H,3-6,16H2,1-2H3,(H,17,18,19);1H. The Bertz CT molecular complexity index is 674. The van der Waals surface area contributed by atoms with Crippen molar-refractivity contribution in [3.63, 3.8) is 0 Å². The minimum atomic E-state index is -0.891. The number of benzene rings is 1. The number of aromatic nitrogens is 1. The number of nitrogens with two attached hydrogens (primary N) is 1. The van der Waals surface area contributed by atoms with Gasteiger partial charge in [-0.3, -0.25) is 4.79 Å². The normalized spacial score (nSPS) is 15.6. The Hall–Kier alpha value is -1.57. The molecule has 0 aliphatic carbocycles. The number of carbonyl (C=O) groups excluding carboxylic acids is 1. The molecule has 1 unspecified atom stereocenters. The van der Waals surface area contributed by atoms with Crippen molar-refractivity contribution in [2.75, 3.05) is 18.5 Å². The molecule has 1 aliphatic heterocycles. The summed E-state index contributed by atoms with van der Waals surface area (Å²) in [6.07, 6.45) is 1.47. The molecule has 0 saturated carbocycles. The van der Waals surface area contributed by atoms with Crippen molar-refractivity contribution < 1.29 is 14.3 Å². The lowest BCUT2D eigenvalue weighted by Crippen LogP contribution is -2.48. The predicted octanol–water partition coefficient (Wildman–Crippen LogP) is 2.95. The third-order valence-electron chi connectivity index (χ3n) is 3.56. The monoisotopic (exact) mass is 357 g/mol. The summed E-state index contributed by atoms with van der Waals surface area (Å²) in [5.41, 5.74) is 5.92. The second kappa shape index (κ2) is 6.90. The second-order valence-electron chi connectivity index (χ2n) is 5.60. The van der Waals surface area contributed by atoms with Crippen LogP contribution in [-0.2, 0) is 4.79 Å². The molecule has 6 nitrogen and oxygen atoms in total. The number of nitrogens with one attached hydrogen (secondary N) is 1. The third kappa shape index (κ3) is 3.68. The van der Waals surface area contributed by atoms with E-state index in [9.17, 15) is 4.79 Å².